The van der Waals surface area contributed by atoms with Crippen LogP contribution in [-0.2, 0) is 17.9 Å². The van der Waals surface area contributed by atoms with E-state index < -0.39 is 0 Å². The minimum Gasteiger partial charge on any atom is -0.497 e. The molecule has 1 heterocycles. The molecule has 0 bridgehead atoms. The van der Waals surface area contributed by atoms with Crippen molar-refractivity contribution in [1.82, 2.24) is 15.1 Å². The van der Waals surface area contributed by atoms with Gasteiger partial charge in [0.2, 0.25) is 5.91 Å². The number of hydrogen-bond acceptors (Lipinski definition) is 4. The molecule has 27 heavy (non-hydrogen) atoms. The van der Waals surface area contributed by atoms with E-state index in [1.165, 1.54) is 5.56 Å². The summed E-state index contributed by atoms with van der Waals surface area (Å²) in [6.07, 6.45) is 0. The van der Waals surface area contributed by atoms with E-state index >= 15 is 0 Å². The number of ether oxygens (including phenoxy) is 1. The smallest absolute Gasteiger partial charge is 0.234 e. The number of carbonyl (C=O) groups excluding carboxylic acids is 1. The van der Waals surface area contributed by atoms with Crippen LogP contribution in [0.15, 0.2) is 48.5 Å². The fourth-order valence-corrected chi connectivity index (χ4v) is 3.32. The lowest BCUT2D eigenvalue weighted by molar-refractivity contribution is -0.122. The van der Waals surface area contributed by atoms with Crippen molar-refractivity contribution in [1.29, 1.82) is 0 Å². The van der Waals surface area contributed by atoms with Crippen LogP contribution in [0.2, 0.25) is 5.02 Å². The first-order valence-electron chi connectivity index (χ1n) is 9.21. The molecule has 0 atom stereocenters. The van der Waals surface area contributed by atoms with Crippen LogP contribution in [0.3, 0.4) is 0 Å². The number of nitrogens with one attached hydrogen (secondary N) is 1. The lowest BCUT2D eigenvalue weighted by atomic mass is 10.2. The van der Waals surface area contributed by atoms with E-state index in [1.807, 2.05) is 36.4 Å². The number of nitrogens with zero attached hydrogens (tertiary/aromatic N) is 2. The van der Waals surface area contributed by atoms with Gasteiger partial charge in [-0.2, -0.15) is 0 Å². The molecule has 0 radical (unpaired) electrons. The molecule has 0 aliphatic carbocycles. The average molecular weight is 388 g/mol. The van der Waals surface area contributed by atoms with Crippen LogP contribution in [-0.4, -0.2) is 55.5 Å². The van der Waals surface area contributed by atoms with E-state index in [2.05, 4.69) is 27.2 Å². The number of amides is 1. The van der Waals surface area contributed by atoms with Crippen LogP contribution < -0.4 is 10.1 Å². The number of piperazine rings is 1. The number of carbonyl (C=O) groups is 1. The van der Waals surface area contributed by atoms with Crippen molar-refractivity contribution < 1.29 is 9.53 Å². The molecule has 0 spiro atoms. The van der Waals surface area contributed by atoms with E-state index in [0.29, 0.717) is 18.1 Å². The Bertz CT molecular complexity index is 743. The van der Waals surface area contributed by atoms with Gasteiger partial charge in [-0.3, -0.25) is 14.6 Å². The molecule has 1 saturated heterocycles. The predicted molar refractivity (Wildman–Crippen MR) is 108 cm³/mol. The summed E-state index contributed by atoms with van der Waals surface area (Å²) in [7, 11) is 1.69. The van der Waals surface area contributed by atoms with Crippen LogP contribution in [0.1, 0.15) is 11.1 Å². The highest BCUT2D eigenvalue weighted by Crippen LogP contribution is 2.15. The van der Waals surface area contributed by atoms with Gasteiger partial charge in [0.05, 0.1) is 13.7 Å². The number of hydrogen-bond donors (Lipinski definition) is 1. The standard InChI is InChI=1S/C21H26ClN3O2/c1-27-20-4-2-3-18(13-20)15-24-9-11-25(12-10-24)16-21(26)23-14-17-5-7-19(22)8-6-17/h2-8,13H,9-12,14-16H2,1H3,(H,23,26). The maximum atomic E-state index is 12.2. The molecule has 0 aromatic heterocycles. The van der Waals surface area contributed by atoms with E-state index in [1.54, 1.807) is 7.11 Å². The fraction of sp³-hybridized carbons (Fsp3) is 0.381. The summed E-state index contributed by atoms with van der Waals surface area (Å²) >= 11 is 5.88. The number of rotatable bonds is 7. The second-order valence-corrected chi connectivity index (χ2v) is 7.24. The minimum absolute atomic E-state index is 0.0613. The summed E-state index contributed by atoms with van der Waals surface area (Å²) < 4.78 is 5.29. The maximum Gasteiger partial charge on any atom is 0.234 e. The maximum absolute atomic E-state index is 12.2. The van der Waals surface area contributed by atoms with E-state index in [0.717, 1.165) is 44.0 Å². The first-order chi connectivity index (χ1) is 13.1. The molecular weight excluding hydrogens is 362 g/mol. The topological polar surface area (TPSA) is 44.8 Å². The van der Waals surface area contributed by atoms with E-state index in [-0.39, 0.29) is 5.91 Å². The fourth-order valence-electron chi connectivity index (χ4n) is 3.20. The van der Waals surface area contributed by atoms with E-state index in [9.17, 15) is 4.79 Å². The van der Waals surface area contributed by atoms with Crippen molar-refractivity contribution in [2.75, 3.05) is 39.8 Å². The van der Waals surface area contributed by atoms with Gasteiger partial charge in [0.25, 0.3) is 0 Å². The van der Waals surface area contributed by atoms with Crippen LogP contribution in [0, 0.1) is 0 Å². The Morgan fingerprint density at radius 3 is 2.44 bits per heavy atom. The van der Waals surface area contributed by atoms with Gasteiger partial charge in [0.15, 0.2) is 0 Å². The molecule has 5 nitrogen and oxygen atoms in total. The highest BCUT2D eigenvalue weighted by molar-refractivity contribution is 6.30. The average Bonchev–Trinajstić information content (AvgIpc) is 2.69. The second kappa shape index (κ2) is 9.74. The molecule has 6 heteroatoms. The summed E-state index contributed by atoms with van der Waals surface area (Å²) in [5, 5.41) is 3.68. The van der Waals surface area contributed by atoms with Gasteiger partial charge in [-0.05, 0) is 35.4 Å². The SMILES string of the molecule is COc1cccc(CN2CCN(CC(=O)NCc3ccc(Cl)cc3)CC2)c1. The highest BCUT2D eigenvalue weighted by Gasteiger charge is 2.19. The molecule has 2 aromatic rings. The number of benzene rings is 2. The summed E-state index contributed by atoms with van der Waals surface area (Å²) in [5.74, 6) is 0.953. The molecule has 0 saturated carbocycles. The Morgan fingerprint density at radius 1 is 1.04 bits per heavy atom. The quantitative estimate of drug-likeness (QED) is 0.793. The molecule has 144 valence electrons. The molecule has 0 unspecified atom stereocenters. The van der Waals surface area contributed by atoms with Crippen molar-refractivity contribution >= 4 is 17.5 Å². The monoisotopic (exact) mass is 387 g/mol. The van der Waals surface area contributed by atoms with Crippen LogP contribution in [0.4, 0.5) is 0 Å². The molecule has 1 N–H and O–H groups in total. The van der Waals surface area contributed by atoms with Gasteiger partial charge in [0, 0.05) is 44.3 Å². The summed E-state index contributed by atoms with van der Waals surface area (Å²) in [6.45, 7) is 5.61. The minimum atomic E-state index is 0.0613. The molecular formula is C21H26ClN3O2. The first-order valence-corrected chi connectivity index (χ1v) is 9.59. The zero-order valence-electron chi connectivity index (χ0n) is 15.7. The third kappa shape index (κ3) is 6.24. The summed E-state index contributed by atoms with van der Waals surface area (Å²) in [4.78, 5) is 16.8. The second-order valence-electron chi connectivity index (χ2n) is 6.81. The third-order valence-corrected chi connectivity index (χ3v) is 5.03. The number of halogens is 1. The van der Waals surface area contributed by atoms with Crippen molar-refractivity contribution in [3.63, 3.8) is 0 Å². The third-order valence-electron chi connectivity index (χ3n) is 4.78. The van der Waals surface area contributed by atoms with Gasteiger partial charge in [-0.1, -0.05) is 35.9 Å². The van der Waals surface area contributed by atoms with Crippen molar-refractivity contribution in [3.8, 4) is 5.75 Å². The molecule has 1 aliphatic heterocycles. The Kier molecular flexibility index (Phi) is 7.10. The normalized spacial score (nSPS) is 15.5. The zero-order chi connectivity index (χ0) is 19.1. The van der Waals surface area contributed by atoms with Gasteiger partial charge in [-0.15, -0.1) is 0 Å². The molecule has 1 amide bonds. The molecule has 3 rings (SSSR count). The van der Waals surface area contributed by atoms with Crippen molar-refractivity contribution in [2.45, 2.75) is 13.1 Å². The summed E-state index contributed by atoms with van der Waals surface area (Å²) in [6, 6.07) is 15.7. The van der Waals surface area contributed by atoms with Crippen molar-refractivity contribution in [2.24, 2.45) is 0 Å². The Labute approximate surface area is 165 Å². The molecule has 2 aromatic carbocycles. The van der Waals surface area contributed by atoms with Gasteiger partial charge in [0.1, 0.15) is 5.75 Å². The highest BCUT2D eigenvalue weighted by atomic mass is 35.5. The zero-order valence-corrected chi connectivity index (χ0v) is 16.4. The molecule has 1 aliphatic rings. The van der Waals surface area contributed by atoms with E-state index in [4.69, 9.17) is 16.3 Å². The number of methoxy groups -OCH3 is 1. The largest absolute Gasteiger partial charge is 0.497 e. The van der Waals surface area contributed by atoms with Gasteiger partial charge >= 0.3 is 0 Å². The lowest BCUT2D eigenvalue weighted by Crippen LogP contribution is -2.49. The predicted octanol–water partition coefficient (Wildman–Crippen LogP) is 2.78. The Hall–Kier alpha value is -2.08. The molecule has 1 fully saturated rings. The summed E-state index contributed by atoms with van der Waals surface area (Å²) in [5.41, 5.74) is 2.30. The van der Waals surface area contributed by atoms with Crippen LogP contribution in [0.25, 0.3) is 0 Å². The van der Waals surface area contributed by atoms with Gasteiger partial charge in [-0.25, -0.2) is 0 Å². The Morgan fingerprint density at radius 2 is 1.74 bits per heavy atom. The Balaban J connectivity index is 1.38. The van der Waals surface area contributed by atoms with Crippen molar-refractivity contribution in [3.05, 3.63) is 64.7 Å². The van der Waals surface area contributed by atoms with Crippen LogP contribution in [0.5, 0.6) is 5.75 Å². The lowest BCUT2D eigenvalue weighted by Gasteiger charge is -2.34. The van der Waals surface area contributed by atoms with Crippen LogP contribution >= 0.6 is 11.6 Å². The van der Waals surface area contributed by atoms with Gasteiger partial charge < -0.3 is 10.1 Å². The first kappa shape index (κ1) is 19.7.